The van der Waals surface area contributed by atoms with Gasteiger partial charge in [0.05, 0.1) is 18.1 Å². The van der Waals surface area contributed by atoms with Crippen LogP contribution in [-0.4, -0.2) is 62.9 Å². The van der Waals surface area contributed by atoms with E-state index in [1.54, 1.807) is 12.1 Å². The van der Waals surface area contributed by atoms with Crippen molar-refractivity contribution in [2.24, 2.45) is 11.8 Å². The standard InChI is InChI=1S/C23H35N3O5S/c1-16(2)21(23(28)24-20-10-5-4-7-17(20)3)25-22(27)18-8-6-9-19(15-18)32(29,30)26-11-13-31-14-12-26/h6,8-9,15-17,20-21H,4-5,7,10-14H2,1-3H3,(H,24,28)(H,25,27). The first-order chi connectivity index (χ1) is 15.2. The Labute approximate surface area is 191 Å². The van der Waals surface area contributed by atoms with Gasteiger partial charge in [-0.25, -0.2) is 8.42 Å². The van der Waals surface area contributed by atoms with E-state index in [9.17, 15) is 18.0 Å². The van der Waals surface area contributed by atoms with Crippen molar-refractivity contribution < 1.29 is 22.7 Å². The van der Waals surface area contributed by atoms with Gasteiger partial charge in [-0.3, -0.25) is 9.59 Å². The first kappa shape index (κ1) is 24.7. The summed E-state index contributed by atoms with van der Waals surface area (Å²) in [6.07, 6.45) is 4.32. The van der Waals surface area contributed by atoms with Crippen LogP contribution in [0.25, 0.3) is 0 Å². The fourth-order valence-corrected chi connectivity index (χ4v) is 5.75. The molecule has 3 rings (SSSR count). The van der Waals surface area contributed by atoms with E-state index in [-0.39, 0.29) is 41.4 Å². The summed E-state index contributed by atoms with van der Waals surface area (Å²) in [6, 6.07) is 5.40. The first-order valence-electron chi connectivity index (χ1n) is 11.5. The highest BCUT2D eigenvalue weighted by Gasteiger charge is 2.30. The highest BCUT2D eigenvalue weighted by atomic mass is 32.2. The molecule has 9 heteroatoms. The molecule has 1 aromatic carbocycles. The summed E-state index contributed by atoms with van der Waals surface area (Å²) >= 11 is 0. The van der Waals surface area contributed by atoms with Crippen LogP contribution in [0.4, 0.5) is 0 Å². The molecule has 2 aliphatic rings. The Morgan fingerprint density at radius 3 is 2.47 bits per heavy atom. The molecule has 3 atom stereocenters. The molecule has 8 nitrogen and oxygen atoms in total. The lowest BCUT2D eigenvalue weighted by Crippen LogP contribution is -2.53. The van der Waals surface area contributed by atoms with Gasteiger partial charge in [0.15, 0.2) is 0 Å². The number of hydrogen-bond acceptors (Lipinski definition) is 5. The third-order valence-corrected chi connectivity index (χ3v) is 8.27. The maximum absolute atomic E-state index is 13.0. The van der Waals surface area contributed by atoms with E-state index < -0.39 is 22.0 Å². The van der Waals surface area contributed by atoms with Crippen LogP contribution >= 0.6 is 0 Å². The fourth-order valence-electron chi connectivity index (χ4n) is 4.30. The minimum absolute atomic E-state index is 0.0635. The van der Waals surface area contributed by atoms with Crippen molar-refractivity contribution in [3.63, 3.8) is 0 Å². The third-order valence-electron chi connectivity index (χ3n) is 6.38. The summed E-state index contributed by atoms with van der Waals surface area (Å²) in [4.78, 5) is 26.0. The molecule has 1 saturated carbocycles. The average Bonchev–Trinajstić information content (AvgIpc) is 2.79. The predicted octanol–water partition coefficient (Wildman–Crippen LogP) is 2.16. The molecule has 178 valence electrons. The predicted molar refractivity (Wildman–Crippen MR) is 122 cm³/mol. The lowest BCUT2D eigenvalue weighted by atomic mass is 9.85. The number of morpholine rings is 1. The monoisotopic (exact) mass is 465 g/mol. The zero-order chi connectivity index (χ0) is 23.3. The Hall–Kier alpha value is -1.97. The van der Waals surface area contributed by atoms with Gasteiger partial charge in [0.25, 0.3) is 5.91 Å². The van der Waals surface area contributed by atoms with Crippen LogP contribution in [0.5, 0.6) is 0 Å². The maximum Gasteiger partial charge on any atom is 0.251 e. The number of hydrogen-bond donors (Lipinski definition) is 2. The van der Waals surface area contributed by atoms with E-state index in [1.807, 2.05) is 13.8 Å². The van der Waals surface area contributed by atoms with Crippen molar-refractivity contribution in [3.8, 4) is 0 Å². The Morgan fingerprint density at radius 1 is 1.12 bits per heavy atom. The number of amides is 2. The normalized spacial score (nSPS) is 23.5. The van der Waals surface area contributed by atoms with Gasteiger partial charge >= 0.3 is 0 Å². The molecule has 2 amide bonds. The van der Waals surface area contributed by atoms with Crippen LogP contribution in [-0.2, 0) is 19.6 Å². The van der Waals surface area contributed by atoms with Crippen molar-refractivity contribution in [2.75, 3.05) is 26.3 Å². The molecule has 32 heavy (non-hydrogen) atoms. The number of nitrogens with zero attached hydrogens (tertiary/aromatic N) is 1. The second-order valence-corrected chi connectivity index (χ2v) is 11.1. The van der Waals surface area contributed by atoms with Crippen molar-refractivity contribution in [1.82, 2.24) is 14.9 Å². The molecule has 2 N–H and O–H groups in total. The molecular formula is C23H35N3O5S. The van der Waals surface area contributed by atoms with Crippen LogP contribution in [0.3, 0.4) is 0 Å². The van der Waals surface area contributed by atoms with Gasteiger partial charge in [-0.15, -0.1) is 0 Å². The van der Waals surface area contributed by atoms with Gasteiger partial charge in [-0.1, -0.05) is 39.7 Å². The smallest absolute Gasteiger partial charge is 0.251 e. The number of rotatable bonds is 7. The number of carbonyl (C=O) groups excluding carboxylic acids is 2. The minimum Gasteiger partial charge on any atom is -0.379 e. The molecule has 0 spiro atoms. The quantitative estimate of drug-likeness (QED) is 0.642. The molecule has 1 aromatic rings. The summed E-state index contributed by atoms with van der Waals surface area (Å²) in [7, 11) is -3.71. The maximum atomic E-state index is 13.0. The Morgan fingerprint density at radius 2 is 1.81 bits per heavy atom. The average molecular weight is 466 g/mol. The highest BCUT2D eigenvalue weighted by molar-refractivity contribution is 7.89. The van der Waals surface area contributed by atoms with Crippen LogP contribution in [0.1, 0.15) is 56.8 Å². The Bertz CT molecular complexity index is 912. The number of sulfonamides is 1. The van der Waals surface area contributed by atoms with E-state index >= 15 is 0 Å². The fraction of sp³-hybridized carbons (Fsp3) is 0.652. The Kier molecular flexibility index (Phi) is 8.30. The Balaban J connectivity index is 1.71. The number of nitrogens with one attached hydrogen (secondary N) is 2. The third kappa shape index (κ3) is 5.88. The largest absolute Gasteiger partial charge is 0.379 e. The van der Waals surface area contributed by atoms with Gasteiger partial charge in [0.2, 0.25) is 15.9 Å². The molecular weight excluding hydrogens is 430 g/mol. The zero-order valence-corrected chi connectivity index (χ0v) is 20.0. The minimum atomic E-state index is -3.71. The van der Waals surface area contributed by atoms with Gasteiger partial charge in [0, 0.05) is 24.7 Å². The summed E-state index contributed by atoms with van der Waals surface area (Å²) in [5, 5.41) is 5.93. The lowest BCUT2D eigenvalue weighted by molar-refractivity contribution is -0.125. The molecule has 2 fully saturated rings. The second-order valence-electron chi connectivity index (χ2n) is 9.12. The van der Waals surface area contributed by atoms with Crippen molar-refractivity contribution in [2.45, 2.75) is 63.4 Å². The van der Waals surface area contributed by atoms with E-state index in [2.05, 4.69) is 17.6 Å². The first-order valence-corrected chi connectivity index (χ1v) is 12.9. The van der Waals surface area contributed by atoms with Gasteiger partial charge in [-0.05, 0) is 42.9 Å². The van der Waals surface area contributed by atoms with E-state index in [1.165, 1.54) is 22.9 Å². The second kappa shape index (κ2) is 10.8. The lowest BCUT2D eigenvalue weighted by Gasteiger charge is -2.32. The van der Waals surface area contributed by atoms with Crippen molar-refractivity contribution in [1.29, 1.82) is 0 Å². The topological polar surface area (TPSA) is 105 Å². The molecule has 1 heterocycles. The highest BCUT2D eigenvalue weighted by Crippen LogP contribution is 2.24. The molecule has 1 aliphatic carbocycles. The number of ether oxygens (including phenoxy) is 1. The zero-order valence-electron chi connectivity index (χ0n) is 19.2. The molecule has 0 aromatic heterocycles. The summed E-state index contributed by atoms with van der Waals surface area (Å²) in [5.41, 5.74) is 0.212. The van der Waals surface area contributed by atoms with Gasteiger partial charge in [0.1, 0.15) is 6.04 Å². The van der Waals surface area contributed by atoms with Gasteiger partial charge < -0.3 is 15.4 Å². The van der Waals surface area contributed by atoms with E-state index in [4.69, 9.17) is 4.74 Å². The number of benzene rings is 1. The summed E-state index contributed by atoms with van der Waals surface area (Å²) in [5.74, 6) is -0.352. The van der Waals surface area contributed by atoms with Crippen LogP contribution < -0.4 is 10.6 Å². The molecule has 0 radical (unpaired) electrons. The molecule has 3 unspecified atom stereocenters. The van der Waals surface area contributed by atoms with E-state index in [0.29, 0.717) is 19.1 Å². The molecule has 1 aliphatic heterocycles. The number of carbonyl (C=O) groups is 2. The SMILES string of the molecule is CC(C)C(NC(=O)c1cccc(S(=O)(=O)N2CCOCC2)c1)C(=O)NC1CCCCC1C. The van der Waals surface area contributed by atoms with Gasteiger partial charge in [-0.2, -0.15) is 4.31 Å². The summed E-state index contributed by atoms with van der Waals surface area (Å²) in [6.45, 7) is 7.19. The molecule has 1 saturated heterocycles. The van der Waals surface area contributed by atoms with E-state index in [0.717, 1.165) is 19.3 Å². The van der Waals surface area contributed by atoms with Crippen molar-refractivity contribution >= 4 is 21.8 Å². The van der Waals surface area contributed by atoms with Crippen molar-refractivity contribution in [3.05, 3.63) is 29.8 Å². The van der Waals surface area contributed by atoms with Crippen LogP contribution in [0.15, 0.2) is 29.2 Å². The summed E-state index contributed by atoms with van der Waals surface area (Å²) < 4.78 is 32.5. The molecule has 0 bridgehead atoms. The van der Waals surface area contributed by atoms with Crippen LogP contribution in [0, 0.1) is 11.8 Å². The van der Waals surface area contributed by atoms with Crippen LogP contribution in [0.2, 0.25) is 0 Å².